The third-order valence-corrected chi connectivity index (χ3v) is 0.935. The van der Waals surface area contributed by atoms with Gasteiger partial charge in [-0.3, -0.25) is 0 Å². The highest BCUT2D eigenvalue weighted by Gasteiger charge is 2.36. The predicted octanol–water partition coefficient (Wildman–Crippen LogP) is 1.84. The topological polar surface area (TPSA) is 9.23 Å². The smallest absolute Gasteiger partial charge is 0.359 e. The highest BCUT2D eigenvalue weighted by molar-refractivity contribution is 7.80. The van der Waals surface area contributed by atoms with Crippen LogP contribution in [0.25, 0.3) is 0 Å². The molecule has 1 atom stereocenters. The van der Waals surface area contributed by atoms with Crippen LogP contribution in [0.5, 0.6) is 0 Å². The maximum Gasteiger partial charge on any atom is 0.414 e. The molecule has 0 aromatic heterocycles. The number of rotatable bonds is 2. The summed E-state index contributed by atoms with van der Waals surface area (Å²) >= 11 is 3.47. The number of alkyl halides is 3. The fourth-order valence-corrected chi connectivity index (χ4v) is 0.430. The van der Waals surface area contributed by atoms with E-state index in [2.05, 4.69) is 17.4 Å². The van der Waals surface area contributed by atoms with Crippen LogP contribution < -0.4 is 0 Å². The van der Waals surface area contributed by atoms with Gasteiger partial charge >= 0.3 is 6.18 Å². The first-order valence-corrected chi connectivity index (χ1v) is 2.91. The van der Waals surface area contributed by atoms with Gasteiger partial charge < -0.3 is 4.74 Å². The Kier molecular flexibility index (Phi) is 3.35. The van der Waals surface area contributed by atoms with E-state index in [1.54, 1.807) is 0 Å². The van der Waals surface area contributed by atoms with Crippen molar-refractivity contribution in [2.24, 2.45) is 0 Å². The number of ether oxygens (including phenoxy) is 1. The summed E-state index contributed by atoms with van der Waals surface area (Å²) in [4.78, 5) is 0. The Bertz CT molecular complexity index is 82.4. The molecule has 0 aliphatic carbocycles. The Labute approximate surface area is 56.6 Å². The number of thiol groups is 1. The largest absolute Gasteiger partial charge is 0.414 e. The lowest BCUT2D eigenvalue weighted by Crippen LogP contribution is -2.27. The van der Waals surface area contributed by atoms with Gasteiger partial charge in [-0.05, 0) is 6.92 Å². The quantitative estimate of drug-likeness (QED) is 0.479. The van der Waals surface area contributed by atoms with Gasteiger partial charge in [0.25, 0.3) is 0 Å². The minimum atomic E-state index is -4.26. The number of halogens is 3. The monoisotopic (exact) mass is 160 g/mol. The van der Waals surface area contributed by atoms with Crippen LogP contribution in [-0.4, -0.2) is 18.2 Å². The Morgan fingerprint density at radius 2 is 2.00 bits per heavy atom. The van der Waals surface area contributed by atoms with E-state index in [9.17, 15) is 13.2 Å². The third kappa shape index (κ3) is 3.64. The van der Waals surface area contributed by atoms with E-state index in [0.29, 0.717) is 0 Å². The van der Waals surface area contributed by atoms with E-state index in [1.165, 1.54) is 0 Å². The van der Waals surface area contributed by atoms with Crippen molar-refractivity contribution < 1.29 is 17.9 Å². The van der Waals surface area contributed by atoms with Gasteiger partial charge in [-0.15, -0.1) is 0 Å². The fourth-order valence-electron chi connectivity index (χ4n) is 0.206. The van der Waals surface area contributed by atoms with Crippen LogP contribution in [0.3, 0.4) is 0 Å². The van der Waals surface area contributed by atoms with Gasteiger partial charge in [-0.2, -0.15) is 25.8 Å². The molecule has 0 aliphatic rings. The van der Waals surface area contributed by atoms with Crippen LogP contribution >= 0.6 is 12.6 Å². The summed E-state index contributed by atoms with van der Waals surface area (Å²) in [6.07, 6.45) is -5.97. The summed E-state index contributed by atoms with van der Waals surface area (Å²) in [7, 11) is 0. The van der Waals surface area contributed by atoms with Gasteiger partial charge in [0.05, 0.1) is 5.94 Å². The molecule has 1 nitrogen and oxygen atoms in total. The van der Waals surface area contributed by atoms with Gasteiger partial charge in [0, 0.05) is 0 Å². The van der Waals surface area contributed by atoms with Crippen LogP contribution in [-0.2, 0) is 4.74 Å². The molecule has 56 valence electrons. The van der Waals surface area contributed by atoms with Crippen LogP contribution in [0, 0.1) is 0 Å². The summed E-state index contributed by atoms with van der Waals surface area (Å²) in [5.74, 6) is -0.208. The molecule has 0 unspecified atom stereocenters. The zero-order valence-corrected chi connectivity index (χ0v) is 5.67. The zero-order valence-electron chi connectivity index (χ0n) is 4.77. The Morgan fingerprint density at radius 3 is 2.11 bits per heavy atom. The first-order chi connectivity index (χ1) is 3.98. The molecule has 0 saturated heterocycles. The van der Waals surface area contributed by atoms with Gasteiger partial charge in [0.2, 0.25) is 0 Å². The zero-order chi connectivity index (χ0) is 7.49. The van der Waals surface area contributed by atoms with Crippen molar-refractivity contribution in [3.05, 3.63) is 0 Å². The molecule has 0 aromatic carbocycles. The second-order valence-corrected chi connectivity index (χ2v) is 1.74. The molecule has 0 spiro atoms. The first-order valence-electron chi connectivity index (χ1n) is 2.27. The first kappa shape index (κ1) is 9.10. The Morgan fingerprint density at radius 1 is 1.56 bits per heavy atom. The van der Waals surface area contributed by atoms with Crippen molar-refractivity contribution in [3.8, 4) is 0 Å². The van der Waals surface area contributed by atoms with Crippen molar-refractivity contribution in [3.63, 3.8) is 0 Å². The van der Waals surface area contributed by atoms with Gasteiger partial charge in [-0.25, -0.2) is 0 Å². The van der Waals surface area contributed by atoms with E-state index < -0.39 is 12.3 Å². The standard InChI is InChI=1S/C4H7F3OS/c1-3(8-2-9)4(5,6)7/h3,9H,2H2,1H3/t3-/m0/s1. The van der Waals surface area contributed by atoms with Gasteiger partial charge in [0.15, 0.2) is 6.10 Å². The summed E-state index contributed by atoms with van der Waals surface area (Å²) < 4.78 is 38.6. The average Bonchev–Trinajstić information content (AvgIpc) is 1.64. The SMILES string of the molecule is C[C@H](OCS)C(F)(F)F. The molecule has 0 rings (SSSR count). The minimum absolute atomic E-state index is 0.208. The fraction of sp³-hybridized carbons (Fsp3) is 1.00. The van der Waals surface area contributed by atoms with E-state index in [0.717, 1.165) is 6.92 Å². The summed E-state index contributed by atoms with van der Waals surface area (Å²) in [6, 6.07) is 0. The van der Waals surface area contributed by atoms with E-state index in [1.807, 2.05) is 0 Å². The average molecular weight is 160 g/mol. The maximum atomic E-state index is 11.5. The molecule has 0 heterocycles. The molecule has 0 aromatic rings. The van der Waals surface area contributed by atoms with E-state index in [-0.39, 0.29) is 5.94 Å². The molecule has 0 bridgehead atoms. The molecule has 5 heteroatoms. The molecule has 0 aliphatic heterocycles. The Balaban J connectivity index is 3.59. The van der Waals surface area contributed by atoms with Crippen molar-refractivity contribution >= 4 is 12.6 Å². The molecule has 0 fully saturated rings. The second kappa shape index (κ2) is 3.31. The van der Waals surface area contributed by atoms with E-state index >= 15 is 0 Å². The van der Waals surface area contributed by atoms with Crippen molar-refractivity contribution in [1.82, 2.24) is 0 Å². The highest BCUT2D eigenvalue weighted by atomic mass is 32.1. The third-order valence-electron chi connectivity index (χ3n) is 0.785. The molecule has 9 heavy (non-hydrogen) atoms. The lowest BCUT2D eigenvalue weighted by atomic mass is 10.4. The summed E-state index contributed by atoms with van der Waals surface area (Å²) in [5, 5.41) is 0. The predicted molar refractivity (Wildman–Crippen MR) is 30.5 cm³/mol. The van der Waals surface area contributed by atoms with Crippen molar-refractivity contribution in [1.29, 1.82) is 0 Å². The number of hydrogen-bond acceptors (Lipinski definition) is 2. The van der Waals surface area contributed by atoms with Gasteiger partial charge in [-0.1, -0.05) is 0 Å². The summed E-state index contributed by atoms with van der Waals surface area (Å²) in [6.45, 7) is 0.941. The molecular weight excluding hydrogens is 153 g/mol. The molecular formula is C4H7F3OS. The molecule has 0 N–H and O–H groups in total. The highest BCUT2D eigenvalue weighted by Crippen LogP contribution is 2.22. The molecule has 0 radical (unpaired) electrons. The lowest BCUT2D eigenvalue weighted by molar-refractivity contribution is -0.208. The van der Waals surface area contributed by atoms with Crippen LogP contribution in [0.2, 0.25) is 0 Å². The molecule has 0 saturated carbocycles. The maximum absolute atomic E-state index is 11.5. The lowest BCUT2D eigenvalue weighted by Gasteiger charge is -2.13. The number of hydrogen-bond donors (Lipinski definition) is 1. The summed E-state index contributed by atoms with van der Waals surface area (Å²) in [5.41, 5.74) is 0. The minimum Gasteiger partial charge on any atom is -0.359 e. The normalized spacial score (nSPS) is 15.7. The van der Waals surface area contributed by atoms with Crippen LogP contribution in [0.1, 0.15) is 6.92 Å². The van der Waals surface area contributed by atoms with Crippen LogP contribution in [0.4, 0.5) is 13.2 Å². The van der Waals surface area contributed by atoms with Crippen LogP contribution in [0.15, 0.2) is 0 Å². The van der Waals surface area contributed by atoms with Crippen molar-refractivity contribution in [2.75, 3.05) is 5.94 Å². The van der Waals surface area contributed by atoms with Gasteiger partial charge in [0.1, 0.15) is 0 Å². The van der Waals surface area contributed by atoms with E-state index in [4.69, 9.17) is 0 Å². The molecule has 0 amide bonds. The Hall–Kier alpha value is 0.100. The van der Waals surface area contributed by atoms with Crippen molar-refractivity contribution in [2.45, 2.75) is 19.2 Å². The second-order valence-electron chi connectivity index (χ2n) is 1.48.